The molecular formula is C25H40N2O5Si. The first-order valence-corrected chi connectivity index (χ1v) is 14.1. The standard InChI is InChI=1S/C25H40N2O5Si/c1-24(2,3)26-23(28)32-22(18-19-13-15-20(30-7)16-14-19)21(27-29)12-10-11-17-31-33(8,9)25(4,5)6/h13-16,22,29H,11,17-18H2,1-9H3,(H,26,28)/t22-/m0/s1. The van der Waals surface area contributed by atoms with Crippen LogP contribution in [0.25, 0.3) is 0 Å². The van der Waals surface area contributed by atoms with Gasteiger partial charge in [-0.3, -0.25) is 0 Å². The third kappa shape index (κ3) is 10.3. The van der Waals surface area contributed by atoms with E-state index in [2.05, 4.69) is 56.2 Å². The van der Waals surface area contributed by atoms with Crippen molar-refractivity contribution in [3.63, 3.8) is 0 Å². The molecule has 0 fully saturated rings. The second-order valence-corrected chi connectivity index (χ2v) is 15.3. The highest BCUT2D eigenvalue weighted by Crippen LogP contribution is 2.36. The SMILES string of the molecule is COc1ccc(C[C@H](OC(=O)NC(C)(C)C)C(C#CCCO[Si](C)(C)C(C)(C)C)=NO)cc1. The number of hydrogen-bond donors (Lipinski definition) is 2. The molecule has 0 spiro atoms. The molecule has 0 aromatic heterocycles. The normalized spacial score (nSPS) is 13.5. The summed E-state index contributed by atoms with van der Waals surface area (Å²) >= 11 is 0. The summed E-state index contributed by atoms with van der Waals surface area (Å²) in [5.74, 6) is 6.57. The molecule has 0 radical (unpaired) electrons. The van der Waals surface area contributed by atoms with Crippen molar-refractivity contribution in [3.05, 3.63) is 29.8 Å². The highest BCUT2D eigenvalue weighted by atomic mass is 28.4. The van der Waals surface area contributed by atoms with Crippen LogP contribution in [0.1, 0.15) is 53.5 Å². The lowest BCUT2D eigenvalue weighted by molar-refractivity contribution is 0.118. The van der Waals surface area contributed by atoms with Gasteiger partial charge in [-0.2, -0.15) is 0 Å². The van der Waals surface area contributed by atoms with E-state index in [1.165, 1.54) is 0 Å². The quantitative estimate of drug-likeness (QED) is 0.131. The molecule has 1 amide bonds. The van der Waals surface area contributed by atoms with Crippen molar-refractivity contribution in [1.82, 2.24) is 5.32 Å². The monoisotopic (exact) mass is 476 g/mol. The first kappa shape index (κ1) is 28.5. The third-order valence-corrected chi connectivity index (χ3v) is 9.97. The van der Waals surface area contributed by atoms with E-state index in [0.717, 1.165) is 11.3 Å². The molecule has 0 saturated heterocycles. The molecule has 33 heavy (non-hydrogen) atoms. The van der Waals surface area contributed by atoms with Crippen LogP contribution in [0.3, 0.4) is 0 Å². The number of carbonyl (C=O) groups is 1. The van der Waals surface area contributed by atoms with Crippen LogP contribution in [-0.2, 0) is 15.6 Å². The largest absolute Gasteiger partial charge is 0.497 e. The minimum atomic E-state index is -1.85. The van der Waals surface area contributed by atoms with Crippen molar-refractivity contribution in [3.8, 4) is 17.6 Å². The Morgan fingerprint density at radius 1 is 1.15 bits per heavy atom. The number of methoxy groups -OCH3 is 1. The minimum Gasteiger partial charge on any atom is -0.497 e. The molecule has 184 valence electrons. The van der Waals surface area contributed by atoms with E-state index in [0.29, 0.717) is 19.4 Å². The third-order valence-electron chi connectivity index (χ3n) is 5.43. The van der Waals surface area contributed by atoms with Gasteiger partial charge in [0.2, 0.25) is 0 Å². The van der Waals surface area contributed by atoms with Gasteiger partial charge in [0.1, 0.15) is 5.75 Å². The zero-order valence-corrected chi connectivity index (χ0v) is 22.5. The summed E-state index contributed by atoms with van der Waals surface area (Å²) < 4.78 is 16.9. The van der Waals surface area contributed by atoms with Gasteiger partial charge in [0.15, 0.2) is 20.1 Å². The summed E-state index contributed by atoms with van der Waals surface area (Å²) in [6.07, 6.45) is -0.671. The molecule has 0 bridgehead atoms. The number of amides is 1. The van der Waals surface area contributed by atoms with Gasteiger partial charge in [-0.15, -0.1) is 0 Å². The fourth-order valence-electron chi connectivity index (χ4n) is 2.53. The Labute approximate surface area is 200 Å². The molecule has 0 aliphatic carbocycles. The summed E-state index contributed by atoms with van der Waals surface area (Å²) in [7, 11) is -0.255. The molecule has 0 heterocycles. The number of alkyl carbamates (subject to hydrolysis) is 1. The molecule has 7 nitrogen and oxygen atoms in total. The zero-order valence-electron chi connectivity index (χ0n) is 21.5. The van der Waals surface area contributed by atoms with Crippen molar-refractivity contribution in [2.24, 2.45) is 5.16 Å². The van der Waals surface area contributed by atoms with Gasteiger partial charge in [-0.25, -0.2) is 4.79 Å². The molecule has 1 aromatic rings. The van der Waals surface area contributed by atoms with E-state index in [-0.39, 0.29) is 10.7 Å². The van der Waals surface area contributed by atoms with Gasteiger partial charge in [0.05, 0.1) is 7.11 Å². The fraction of sp³-hybridized carbons (Fsp3) is 0.600. The molecule has 0 saturated carbocycles. The molecule has 1 rings (SSSR count). The minimum absolute atomic E-state index is 0.0854. The summed E-state index contributed by atoms with van der Waals surface area (Å²) in [4.78, 5) is 12.4. The Morgan fingerprint density at radius 3 is 2.24 bits per heavy atom. The van der Waals surface area contributed by atoms with Gasteiger partial charge >= 0.3 is 6.09 Å². The maximum atomic E-state index is 12.4. The highest BCUT2D eigenvalue weighted by molar-refractivity contribution is 6.74. The maximum Gasteiger partial charge on any atom is 0.408 e. The van der Waals surface area contributed by atoms with Crippen molar-refractivity contribution in [2.45, 2.75) is 84.2 Å². The predicted octanol–water partition coefficient (Wildman–Crippen LogP) is 5.38. The Hall–Kier alpha value is -2.50. The molecule has 1 atom stereocenters. The Balaban J connectivity index is 2.94. The number of ether oxygens (including phenoxy) is 2. The van der Waals surface area contributed by atoms with Gasteiger partial charge < -0.3 is 24.4 Å². The highest BCUT2D eigenvalue weighted by Gasteiger charge is 2.36. The van der Waals surface area contributed by atoms with Crippen LogP contribution in [0.5, 0.6) is 5.75 Å². The number of oxime groups is 1. The molecule has 0 unspecified atom stereocenters. The van der Waals surface area contributed by atoms with E-state index in [1.54, 1.807) is 7.11 Å². The van der Waals surface area contributed by atoms with Crippen LogP contribution < -0.4 is 10.1 Å². The summed E-state index contributed by atoms with van der Waals surface area (Å²) in [6.45, 7) is 17.0. The number of nitrogens with one attached hydrogen (secondary N) is 1. The Kier molecular flexibility index (Phi) is 10.5. The Bertz CT molecular complexity index is 856. The van der Waals surface area contributed by atoms with Gasteiger partial charge in [-0.1, -0.05) is 44.0 Å². The van der Waals surface area contributed by atoms with E-state index >= 15 is 0 Å². The number of benzene rings is 1. The number of nitrogens with zero attached hydrogens (tertiary/aromatic N) is 1. The van der Waals surface area contributed by atoms with Crippen LogP contribution in [0, 0.1) is 11.8 Å². The Morgan fingerprint density at radius 2 is 1.76 bits per heavy atom. The first-order valence-electron chi connectivity index (χ1n) is 11.1. The fourth-order valence-corrected chi connectivity index (χ4v) is 3.58. The number of hydrogen-bond acceptors (Lipinski definition) is 6. The van der Waals surface area contributed by atoms with Crippen LogP contribution in [0.2, 0.25) is 18.1 Å². The summed E-state index contributed by atoms with van der Waals surface area (Å²) in [6, 6.07) is 7.38. The zero-order chi connectivity index (χ0) is 25.3. The molecule has 2 N–H and O–H groups in total. The van der Waals surface area contributed by atoms with Crippen LogP contribution in [-0.4, -0.2) is 50.7 Å². The van der Waals surface area contributed by atoms with Gasteiger partial charge in [-0.05, 0) is 62.5 Å². The predicted molar refractivity (Wildman–Crippen MR) is 135 cm³/mol. The lowest BCUT2D eigenvalue weighted by atomic mass is 10.0. The van der Waals surface area contributed by atoms with E-state index in [4.69, 9.17) is 13.9 Å². The van der Waals surface area contributed by atoms with Crippen molar-refractivity contribution in [1.29, 1.82) is 0 Å². The van der Waals surface area contributed by atoms with Crippen LogP contribution in [0.4, 0.5) is 4.79 Å². The first-order chi connectivity index (χ1) is 15.2. The van der Waals surface area contributed by atoms with Crippen molar-refractivity contribution >= 4 is 20.1 Å². The van der Waals surface area contributed by atoms with E-state index in [1.807, 2.05) is 45.0 Å². The number of rotatable bonds is 8. The molecule has 1 aromatic carbocycles. The average Bonchev–Trinajstić information content (AvgIpc) is 2.68. The number of carbonyl (C=O) groups excluding carboxylic acids is 1. The smallest absolute Gasteiger partial charge is 0.408 e. The molecular weight excluding hydrogens is 436 g/mol. The van der Waals surface area contributed by atoms with Gasteiger partial charge in [0.25, 0.3) is 0 Å². The second kappa shape index (κ2) is 12.1. The second-order valence-electron chi connectivity index (χ2n) is 10.5. The van der Waals surface area contributed by atoms with Crippen molar-refractivity contribution in [2.75, 3.05) is 13.7 Å². The van der Waals surface area contributed by atoms with Crippen LogP contribution in [0.15, 0.2) is 29.4 Å². The average molecular weight is 477 g/mol. The molecule has 0 aliphatic rings. The van der Waals surface area contributed by atoms with E-state index < -0.39 is 26.1 Å². The maximum absolute atomic E-state index is 12.4. The summed E-state index contributed by atoms with van der Waals surface area (Å²) in [5.41, 5.74) is 0.501. The van der Waals surface area contributed by atoms with Crippen molar-refractivity contribution < 1.29 is 23.9 Å². The topological polar surface area (TPSA) is 89.4 Å². The summed E-state index contributed by atoms with van der Waals surface area (Å²) in [5, 5.41) is 15.8. The lowest BCUT2D eigenvalue weighted by Crippen LogP contribution is -2.43. The van der Waals surface area contributed by atoms with Crippen LogP contribution >= 0.6 is 0 Å². The van der Waals surface area contributed by atoms with Gasteiger partial charge in [0, 0.05) is 25.0 Å². The molecule has 0 aliphatic heterocycles. The van der Waals surface area contributed by atoms with E-state index in [9.17, 15) is 10.0 Å². The molecule has 8 heteroatoms. The lowest BCUT2D eigenvalue weighted by Gasteiger charge is -2.35.